The highest BCUT2D eigenvalue weighted by Gasteiger charge is 2.52. The van der Waals surface area contributed by atoms with Gasteiger partial charge in [-0.3, -0.25) is 9.89 Å². The molecule has 0 aromatic carbocycles. The van der Waals surface area contributed by atoms with Crippen LogP contribution in [0.4, 0.5) is 0 Å². The second-order valence-corrected chi connectivity index (χ2v) is 8.56. The van der Waals surface area contributed by atoms with Gasteiger partial charge in [-0.1, -0.05) is 13.0 Å². The molecule has 2 unspecified atom stereocenters. The van der Waals surface area contributed by atoms with Crippen LogP contribution in [0.3, 0.4) is 0 Å². The number of nitrogens with zero attached hydrogens (tertiary/aromatic N) is 1. The zero-order valence-corrected chi connectivity index (χ0v) is 15.4. The van der Waals surface area contributed by atoms with E-state index in [1.54, 1.807) is 6.20 Å². The summed E-state index contributed by atoms with van der Waals surface area (Å²) in [6.07, 6.45) is 14.6. The Balaban J connectivity index is 1.39. The second kappa shape index (κ2) is 6.60. The van der Waals surface area contributed by atoms with E-state index in [0.29, 0.717) is 18.4 Å². The van der Waals surface area contributed by atoms with E-state index in [4.69, 9.17) is 4.74 Å². The molecule has 0 amide bonds. The average molecular weight is 356 g/mol. The molecule has 1 heterocycles. The van der Waals surface area contributed by atoms with Crippen LogP contribution in [0.2, 0.25) is 0 Å². The Hall–Kier alpha value is -2.04. The third kappa shape index (κ3) is 3.08. The first-order valence-electron chi connectivity index (χ1n) is 9.76. The number of aromatic nitrogens is 2. The Morgan fingerprint density at radius 1 is 1.31 bits per heavy atom. The number of allylic oxidation sites excluding steroid dienone is 3. The van der Waals surface area contributed by atoms with Gasteiger partial charge in [0.15, 0.2) is 0 Å². The Morgan fingerprint density at radius 2 is 2.04 bits per heavy atom. The Kier molecular flexibility index (Phi) is 4.41. The quantitative estimate of drug-likeness (QED) is 0.819. The summed E-state index contributed by atoms with van der Waals surface area (Å²) in [5.41, 5.74) is 0.891. The normalized spacial score (nSPS) is 36.4. The number of H-pyrrole nitrogens is 1. The van der Waals surface area contributed by atoms with Crippen LogP contribution in [0.15, 0.2) is 36.3 Å². The lowest BCUT2D eigenvalue weighted by Crippen LogP contribution is -2.47. The van der Waals surface area contributed by atoms with Crippen molar-refractivity contribution in [2.45, 2.75) is 57.8 Å². The van der Waals surface area contributed by atoms with Crippen molar-refractivity contribution in [3.8, 4) is 0 Å². The predicted octanol–water partition coefficient (Wildman–Crippen LogP) is 4.42. The van der Waals surface area contributed by atoms with Gasteiger partial charge in [0, 0.05) is 23.2 Å². The molecular weight excluding hydrogens is 328 g/mol. The maximum absolute atomic E-state index is 11.6. The molecule has 3 saturated carbocycles. The molecule has 140 valence electrons. The Morgan fingerprint density at radius 3 is 2.65 bits per heavy atom. The lowest BCUT2D eigenvalue weighted by atomic mass is 9.54. The van der Waals surface area contributed by atoms with Crippen molar-refractivity contribution in [1.82, 2.24) is 10.2 Å². The van der Waals surface area contributed by atoms with E-state index >= 15 is 0 Å². The van der Waals surface area contributed by atoms with Gasteiger partial charge in [-0.05, 0) is 69.1 Å². The molecular formula is C21H28N2O3. The minimum atomic E-state index is -0.597. The van der Waals surface area contributed by atoms with Crippen LogP contribution < -0.4 is 0 Å². The fourth-order valence-corrected chi connectivity index (χ4v) is 4.99. The van der Waals surface area contributed by atoms with E-state index in [0.717, 1.165) is 50.7 Å². The van der Waals surface area contributed by atoms with Crippen molar-refractivity contribution in [1.29, 1.82) is 0 Å². The molecule has 5 rings (SSSR count). The van der Waals surface area contributed by atoms with Crippen molar-refractivity contribution >= 4 is 5.97 Å². The van der Waals surface area contributed by atoms with Crippen molar-refractivity contribution in [2.75, 3.05) is 6.61 Å². The molecule has 1 aromatic heterocycles. The van der Waals surface area contributed by atoms with Gasteiger partial charge in [0.2, 0.25) is 0 Å². The monoisotopic (exact) mass is 356 g/mol. The standard InChI is InChI=1S/C21H28N2O3/c1-15-13-16(3-2-4-17(15)18-5-12-22-23-18)26-14-20-6-9-21(10-7-20,11-8-20)19(24)25/h2-3,5,12-13,15,17H,4,6-11,14H2,1H3,(H,22,23)(H,24,25). The number of nitrogens with one attached hydrogen (secondary N) is 1. The first-order valence-corrected chi connectivity index (χ1v) is 9.76. The van der Waals surface area contributed by atoms with Crippen LogP contribution in [-0.2, 0) is 9.53 Å². The van der Waals surface area contributed by atoms with Crippen LogP contribution in [0.1, 0.15) is 63.5 Å². The van der Waals surface area contributed by atoms with Gasteiger partial charge >= 0.3 is 5.97 Å². The number of ether oxygens (including phenoxy) is 1. The summed E-state index contributed by atoms with van der Waals surface area (Å²) in [6, 6.07) is 2.05. The number of hydrogen-bond acceptors (Lipinski definition) is 3. The molecule has 0 spiro atoms. The van der Waals surface area contributed by atoms with E-state index in [1.165, 1.54) is 5.69 Å². The van der Waals surface area contributed by atoms with E-state index in [-0.39, 0.29) is 5.41 Å². The zero-order valence-electron chi connectivity index (χ0n) is 15.4. The highest BCUT2D eigenvalue weighted by molar-refractivity contribution is 5.75. The lowest BCUT2D eigenvalue weighted by Gasteiger charge is -2.51. The fraction of sp³-hybridized carbons (Fsp3) is 0.619. The summed E-state index contributed by atoms with van der Waals surface area (Å²) in [5, 5.41) is 16.7. The molecule has 2 N–H and O–H groups in total. The fourth-order valence-electron chi connectivity index (χ4n) is 4.99. The number of hydrogen-bond donors (Lipinski definition) is 2. The third-order valence-corrected chi connectivity index (χ3v) is 7.06. The second-order valence-electron chi connectivity index (χ2n) is 8.56. The number of carbonyl (C=O) groups is 1. The summed E-state index contributed by atoms with van der Waals surface area (Å²) < 4.78 is 6.25. The first kappa shape index (κ1) is 17.4. The summed E-state index contributed by atoms with van der Waals surface area (Å²) in [6.45, 7) is 2.93. The van der Waals surface area contributed by atoms with E-state index in [9.17, 15) is 9.90 Å². The van der Waals surface area contributed by atoms with Crippen molar-refractivity contribution < 1.29 is 14.6 Å². The van der Waals surface area contributed by atoms with E-state index < -0.39 is 11.4 Å². The molecule has 3 fully saturated rings. The summed E-state index contributed by atoms with van der Waals surface area (Å²) >= 11 is 0. The smallest absolute Gasteiger partial charge is 0.309 e. The van der Waals surface area contributed by atoms with Crippen molar-refractivity contribution in [3.63, 3.8) is 0 Å². The van der Waals surface area contributed by atoms with Crippen LogP contribution in [0, 0.1) is 16.7 Å². The lowest BCUT2D eigenvalue weighted by molar-refractivity contribution is -0.160. The number of aromatic amines is 1. The highest BCUT2D eigenvalue weighted by atomic mass is 16.5. The molecule has 4 aliphatic carbocycles. The van der Waals surface area contributed by atoms with Gasteiger partial charge in [-0.2, -0.15) is 5.10 Å². The molecule has 2 bridgehead atoms. The average Bonchev–Trinajstić information content (AvgIpc) is 3.12. The van der Waals surface area contributed by atoms with Gasteiger partial charge in [0.05, 0.1) is 12.0 Å². The number of carboxylic acid groups (broad SMARTS) is 1. The molecule has 0 aliphatic heterocycles. The topological polar surface area (TPSA) is 75.2 Å². The van der Waals surface area contributed by atoms with E-state index in [2.05, 4.69) is 35.3 Å². The highest BCUT2D eigenvalue weighted by Crippen LogP contribution is 2.57. The summed E-state index contributed by atoms with van der Waals surface area (Å²) in [5.74, 6) is 1.12. The molecule has 0 radical (unpaired) electrons. The number of rotatable bonds is 5. The Bertz CT molecular complexity index is 695. The number of carboxylic acids is 1. The Labute approximate surface area is 154 Å². The van der Waals surface area contributed by atoms with E-state index in [1.807, 2.05) is 6.07 Å². The van der Waals surface area contributed by atoms with Gasteiger partial charge in [0.25, 0.3) is 0 Å². The minimum Gasteiger partial charge on any atom is -0.493 e. The van der Waals surface area contributed by atoms with Gasteiger partial charge in [0.1, 0.15) is 5.76 Å². The molecule has 26 heavy (non-hydrogen) atoms. The predicted molar refractivity (Wildman–Crippen MR) is 98.5 cm³/mol. The van der Waals surface area contributed by atoms with Crippen molar-refractivity contribution in [2.24, 2.45) is 16.7 Å². The molecule has 0 saturated heterocycles. The number of fused-ring (bicyclic) bond motifs is 3. The summed E-state index contributed by atoms with van der Waals surface area (Å²) in [7, 11) is 0. The molecule has 5 nitrogen and oxygen atoms in total. The van der Waals surface area contributed by atoms with Gasteiger partial charge in [-0.15, -0.1) is 0 Å². The third-order valence-electron chi connectivity index (χ3n) is 7.06. The van der Waals surface area contributed by atoms with Crippen LogP contribution in [0.25, 0.3) is 0 Å². The maximum atomic E-state index is 11.6. The molecule has 5 heteroatoms. The summed E-state index contributed by atoms with van der Waals surface area (Å²) in [4.78, 5) is 11.6. The zero-order chi connectivity index (χ0) is 18.2. The minimum absolute atomic E-state index is 0.171. The van der Waals surface area contributed by atoms with Crippen LogP contribution >= 0.6 is 0 Å². The SMILES string of the molecule is CC1C=C(OCC23CCC(C(=O)O)(CC2)CC3)C=CCC1c1ccn[nH]1. The molecule has 4 aliphatic rings. The van der Waals surface area contributed by atoms with Gasteiger partial charge in [-0.25, -0.2) is 0 Å². The number of aliphatic carboxylic acids is 1. The van der Waals surface area contributed by atoms with Gasteiger partial charge < -0.3 is 9.84 Å². The molecule has 2 atom stereocenters. The molecule has 1 aromatic rings. The van der Waals surface area contributed by atoms with Crippen LogP contribution in [-0.4, -0.2) is 27.9 Å². The maximum Gasteiger partial charge on any atom is 0.309 e. The van der Waals surface area contributed by atoms with Crippen LogP contribution in [0.5, 0.6) is 0 Å². The largest absolute Gasteiger partial charge is 0.493 e. The van der Waals surface area contributed by atoms with Crippen molar-refractivity contribution in [3.05, 3.63) is 41.9 Å². The first-order chi connectivity index (χ1) is 12.5.